The van der Waals surface area contributed by atoms with E-state index in [9.17, 15) is 0 Å². The highest BCUT2D eigenvalue weighted by atomic mass is 79.9. The van der Waals surface area contributed by atoms with Gasteiger partial charge in [-0.2, -0.15) is 0 Å². The van der Waals surface area contributed by atoms with Crippen molar-refractivity contribution in [2.45, 2.75) is 6.54 Å². The Balaban J connectivity index is 1.55. The van der Waals surface area contributed by atoms with Crippen molar-refractivity contribution in [3.8, 4) is 0 Å². The molecule has 1 fully saturated rings. The molecule has 0 saturated carbocycles. The van der Waals surface area contributed by atoms with Gasteiger partial charge in [0, 0.05) is 42.6 Å². The molecule has 0 atom stereocenters. The number of rotatable bonds is 4. The van der Waals surface area contributed by atoms with Crippen molar-refractivity contribution in [1.82, 2.24) is 19.8 Å². The normalized spacial score (nSPS) is 17.1. The van der Waals surface area contributed by atoms with Crippen LogP contribution in [0.4, 0.5) is 0 Å². The van der Waals surface area contributed by atoms with Gasteiger partial charge in [0.1, 0.15) is 16.9 Å². The number of piperazine rings is 1. The van der Waals surface area contributed by atoms with Gasteiger partial charge in [-0.3, -0.25) is 9.80 Å². The lowest BCUT2D eigenvalue weighted by molar-refractivity contribution is 0.107. The molecule has 0 spiro atoms. The lowest BCUT2D eigenvalue weighted by Gasteiger charge is -2.33. The Labute approximate surface area is 148 Å². The zero-order chi connectivity index (χ0) is 16.5. The van der Waals surface area contributed by atoms with Crippen LogP contribution in [-0.4, -0.2) is 64.2 Å². The first-order chi connectivity index (χ1) is 11.7. The van der Waals surface area contributed by atoms with Gasteiger partial charge < -0.3 is 9.52 Å². The number of halogens is 1. The Hall–Kier alpha value is -1.54. The van der Waals surface area contributed by atoms with Crippen molar-refractivity contribution in [2.75, 3.05) is 39.3 Å². The summed E-state index contributed by atoms with van der Waals surface area (Å²) < 4.78 is 6.82. The molecule has 0 bridgehead atoms. The standard InChI is InChI=1S/C17H19BrN4O2/c18-12-1-2-14-13(9-12)17-15(24-14)10-19-16(20-17)11-22-5-3-21(4-6-22)7-8-23/h1-2,9-10,23H,3-8,11H2. The fourth-order valence-electron chi connectivity index (χ4n) is 3.16. The number of hydrogen-bond donors (Lipinski definition) is 1. The van der Waals surface area contributed by atoms with Crippen LogP contribution in [0.15, 0.2) is 33.3 Å². The molecule has 1 aliphatic rings. The number of aliphatic hydroxyl groups is 1. The molecule has 0 amide bonds. The average Bonchev–Trinajstić information content (AvgIpc) is 2.94. The summed E-state index contributed by atoms with van der Waals surface area (Å²) >= 11 is 3.50. The van der Waals surface area contributed by atoms with E-state index >= 15 is 0 Å². The molecule has 7 heteroatoms. The molecular weight excluding hydrogens is 372 g/mol. The van der Waals surface area contributed by atoms with Gasteiger partial charge in [0.25, 0.3) is 0 Å². The summed E-state index contributed by atoms with van der Waals surface area (Å²) in [6.45, 7) is 5.62. The van der Waals surface area contributed by atoms with Gasteiger partial charge in [0.15, 0.2) is 5.58 Å². The second-order valence-electron chi connectivity index (χ2n) is 6.08. The van der Waals surface area contributed by atoms with E-state index in [4.69, 9.17) is 14.5 Å². The summed E-state index contributed by atoms with van der Waals surface area (Å²) in [5, 5.41) is 10.0. The minimum absolute atomic E-state index is 0.225. The van der Waals surface area contributed by atoms with Crippen molar-refractivity contribution < 1.29 is 9.52 Å². The molecule has 2 aromatic heterocycles. The minimum Gasteiger partial charge on any atom is -0.453 e. The van der Waals surface area contributed by atoms with Crippen LogP contribution in [-0.2, 0) is 6.54 Å². The number of furan rings is 1. The van der Waals surface area contributed by atoms with Crippen molar-refractivity contribution in [2.24, 2.45) is 0 Å². The summed E-state index contributed by atoms with van der Waals surface area (Å²) in [6.07, 6.45) is 1.77. The molecule has 126 valence electrons. The number of aliphatic hydroxyl groups excluding tert-OH is 1. The third-order valence-corrected chi connectivity index (χ3v) is 4.96. The smallest absolute Gasteiger partial charge is 0.172 e. The number of fused-ring (bicyclic) bond motifs is 3. The molecule has 0 radical (unpaired) electrons. The lowest BCUT2D eigenvalue weighted by Crippen LogP contribution is -2.46. The van der Waals surface area contributed by atoms with Crippen LogP contribution in [0.1, 0.15) is 5.82 Å². The van der Waals surface area contributed by atoms with Gasteiger partial charge in [-0.1, -0.05) is 15.9 Å². The van der Waals surface area contributed by atoms with Crippen LogP contribution in [0.5, 0.6) is 0 Å². The fraction of sp³-hybridized carbons (Fsp3) is 0.412. The lowest BCUT2D eigenvalue weighted by atomic mass is 10.2. The van der Waals surface area contributed by atoms with E-state index in [0.717, 1.165) is 71.6 Å². The molecule has 0 unspecified atom stereocenters. The van der Waals surface area contributed by atoms with Gasteiger partial charge >= 0.3 is 0 Å². The van der Waals surface area contributed by atoms with Crippen LogP contribution in [0, 0.1) is 0 Å². The maximum atomic E-state index is 9.02. The van der Waals surface area contributed by atoms with Crippen LogP contribution >= 0.6 is 15.9 Å². The van der Waals surface area contributed by atoms with Gasteiger partial charge in [0.05, 0.1) is 19.3 Å². The Morgan fingerprint density at radius 3 is 2.71 bits per heavy atom. The van der Waals surface area contributed by atoms with Gasteiger partial charge in [-0.05, 0) is 18.2 Å². The maximum Gasteiger partial charge on any atom is 0.172 e. The highest BCUT2D eigenvalue weighted by molar-refractivity contribution is 9.10. The largest absolute Gasteiger partial charge is 0.453 e. The SMILES string of the molecule is OCCN1CCN(Cc2ncc3oc4ccc(Br)cc4c3n2)CC1. The molecule has 0 aliphatic carbocycles. The molecule has 1 aromatic carbocycles. The highest BCUT2D eigenvalue weighted by Gasteiger charge is 2.18. The van der Waals surface area contributed by atoms with Gasteiger partial charge in [-0.25, -0.2) is 9.97 Å². The van der Waals surface area contributed by atoms with Crippen molar-refractivity contribution in [1.29, 1.82) is 0 Å². The van der Waals surface area contributed by atoms with Crippen molar-refractivity contribution >= 4 is 38.0 Å². The van der Waals surface area contributed by atoms with Crippen molar-refractivity contribution in [3.63, 3.8) is 0 Å². The topological polar surface area (TPSA) is 65.6 Å². The highest BCUT2D eigenvalue weighted by Crippen LogP contribution is 2.29. The summed E-state index contributed by atoms with van der Waals surface area (Å²) in [7, 11) is 0. The van der Waals surface area contributed by atoms with Gasteiger partial charge in [-0.15, -0.1) is 0 Å². The summed E-state index contributed by atoms with van der Waals surface area (Å²) in [5.41, 5.74) is 2.42. The molecule has 3 heterocycles. The minimum atomic E-state index is 0.225. The quantitative estimate of drug-likeness (QED) is 0.736. The Morgan fingerprint density at radius 1 is 1.12 bits per heavy atom. The molecular formula is C17H19BrN4O2. The number of benzene rings is 1. The fourth-order valence-corrected chi connectivity index (χ4v) is 3.52. The van der Waals surface area contributed by atoms with E-state index in [0.29, 0.717) is 0 Å². The molecule has 1 aliphatic heterocycles. The summed E-state index contributed by atoms with van der Waals surface area (Å²) in [5.74, 6) is 0.820. The third kappa shape index (κ3) is 3.17. The maximum absolute atomic E-state index is 9.02. The summed E-state index contributed by atoms with van der Waals surface area (Å²) in [6, 6.07) is 5.94. The zero-order valence-electron chi connectivity index (χ0n) is 13.3. The Bertz CT molecular complexity index is 858. The van der Waals surface area contributed by atoms with Crippen molar-refractivity contribution in [3.05, 3.63) is 34.7 Å². The van der Waals surface area contributed by atoms with E-state index < -0.39 is 0 Å². The molecule has 1 saturated heterocycles. The van der Waals surface area contributed by atoms with Crippen LogP contribution < -0.4 is 0 Å². The monoisotopic (exact) mass is 390 g/mol. The molecule has 24 heavy (non-hydrogen) atoms. The third-order valence-electron chi connectivity index (χ3n) is 4.47. The van der Waals surface area contributed by atoms with Crippen LogP contribution in [0.25, 0.3) is 22.1 Å². The molecule has 6 nitrogen and oxygen atoms in total. The van der Waals surface area contributed by atoms with E-state index in [1.54, 1.807) is 6.20 Å². The number of β-amino-alcohol motifs (C(OH)–C–C–N with tert-alkyl or cyclic N) is 1. The van der Waals surface area contributed by atoms with E-state index in [2.05, 4.69) is 30.7 Å². The van der Waals surface area contributed by atoms with Crippen LogP contribution in [0.3, 0.4) is 0 Å². The number of hydrogen-bond acceptors (Lipinski definition) is 6. The first-order valence-corrected chi connectivity index (χ1v) is 8.91. The van der Waals surface area contributed by atoms with Crippen LogP contribution in [0.2, 0.25) is 0 Å². The molecule has 3 aromatic rings. The number of nitrogens with zero attached hydrogens (tertiary/aromatic N) is 4. The second-order valence-corrected chi connectivity index (χ2v) is 7.00. The predicted octanol–water partition coefficient (Wildman–Crippen LogP) is 2.25. The Kier molecular flexibility index (Phi) is 4.49. The van der Waals surface area contributed by atoms with E-state index in [1.165, 1.54) is 0 Å². The molecule has 4 rings (SSSR count). The zero-order valence-corrected chi connectivity index (χ0v) is 14.9. The first-order valence-electron chi connectivity index (χ1n) is 8.12. The molecule has 1 N–H and O–H groups in total. The average molecular weight is 391 g/mol. The van der Waals surface area contributed by atoms with E-state index in [-0.39, 0.29) is 6.61 Å². The number of aromatic nitrogens is 2. The Morgan fingerprint density at radius 2 is 1.92 bits per heavy atom. The first kappa shape index (κ1) is 16.0. The predicted molar refractivity (Wildman–Crippen MR) is 95.8 cm³/mol. The summed E-state index contributed by atoms with van der Waals surface area (Å²) in [4.78, 5) is 13.8. The second kappa shape index (κ2) is 6.76. The van der Waals surface area contributed by atoms with E-state index in [1.807, 2.05) is 18.2 Å². The van der Waals surface area contributed by atoms with Gasteiger partial charge in [0.2, 0.25) is 0 Å².